The van der Waals surface area contributed by atoms with E-state index >= 15 is 0 Å². The minimum absolute atomic E-state index is 0.0301. The number of amides is 2. The normalized spacial score (nSPS) is 11.5. The lowest BCUT2D eigenvalue weighted by molar-refractivity contribution is 0.249. The molecule has 0 unspecified atom stereocenters. The number of anilines is 2. The molecule has 1 aromatic heterocycles. The van der Waals surface area contributed by atoms with Crippen LogP contribution in [-0.2, 0) is 0 Å². The van der Waals surface area contributed by atoms with Crippen LogP contribution in [0.15, 0.2) is 48.7 Å². The van der Waals surface area contributed by atoms with Crippen LogP contribution in [0.5, 0.6) is 0 Å². The van der Waals surface area contributed by atoms with Crippen molar-refractivity contribution in [3.63, 3.8) is 0 Å². The van der Waals surface area contributed by atoms with Gasteiger partial charge in [-0.1, -0.05) is 29.8 Å². The Bertz CT molecular complexity index is 574. The minimum atomic E-state index is -0.299. The smallest absolute Gasteiger partial charge is 0.320 e. The molecule has 0 saturated carbocycles. The Morgan fingerprint density at radius 2 is 2.00 bits per heavy atom. The molecule has 0 radical (unpaired) electrons. The third-order valence-corrected chi connectivity index (χ3v) is 2.96. The van der Waals surface area contributed by atoms with Gasteiger partial charge in [0, 0.05) is 24.5 Å². The summed E-state index contributed by atoms with van der Waals surface area (Å²) < 4.78 is 0. The summed E-state index contributed by atoms with van der Waals surface area (Å²) in [6, 6.07) is 12.8. The molecule has 2 amide bonds. The van der Waals surface area contributed by atoms with Crippen LogP contribution in [-0.4, -0.2) is 23.6 Å². The van der Waals surface area contributed by atoms with Crippen molar-refractivity contribution in [1.82, 2.24) is 10.3 Å². The Morgan fingerprint density at radius 1 is 1.24 bits per heavy atom. The number of urea groups is 1. The maximum absolute atomic E-state index is 11.8. The monoisotopic (exact) mass is 304 g/mol. The number of hydrogen-bond acceptors (Lipinski definition) is 3. The van der Waals surface area contributed by atoms with Crippen LogP contribution in [0.4, 0.5) is 16.3 Å². The topological polar surface area (TPSA) is 66.0 Å². The van der Waals surface area contributed by atoms with E-state index in [0.717, 1.165) is 5.69 Å². The van der Waals surface area contributed by atoms with Gasteiger partial charge in [-0.15, -0.1) is 0 Å². The highest BCUT2D eigenvalue weighted by Crippen LogP contribution is 2.09. The number of para-hydroxylation sites is 1. The zero-order chi connectivity index (χ0) is 15.1. The van der Waals surface area contributed by atoms with E-state index in [1.165, 1.54) is 6.20 Å². The van der Waals surface area contributed by atoms with Gasteiger partial charge in [0.25, 0.3) is 0 Å². The van der Waals surface area contributed by atoms with Gasteiger partial charge >= 0.3 is 6.03 Å². The van der Waals surface area contributed by atoms with Gasteiger partial charge in [-0.25, -0.2) is 9.78 Å². The van der Waals surface area contributed by atoms with E-state index in [1.807, 2.05) is 37.3 Å². The summed E-state index contributed by atoms with van der Waals surface area (Å²) in [5, 5.41) is 9.25. The second kappa shape index (κ2) is 7.50. The Kier molecular flexibility index (Phi) is 5.40. The summed E-state index contributed by atoms with van der Waals surface area (Å²) >= 11 is 5.73. The number of carbonyl (C=O) groups is 1. The molecule has 0 saturated heterocycles. The van der Waals surface area contributed by atoms with Crippen LogP contribution >= 0.6 is 11.6 Å². The molecule has 3 N–H and O–H groups in total. The zero-order valence-electron chi connectivity index (χ0n) is 11.6. The molecule has 0 aliphatic heterocycles. The third-order valence-electron chi connectivity index (χ3n) is 2.73. The number of nitrogens with zero attached hydrogens (tertiary/aromatic N) is 1. The fourth-order valence-corrected chi connectivity index (χ4v) is 1.82. The number of hydrogen-bond donors (Lipinski definition) is 3. The van der Waals surface area contributed by atoms with Gasteiger partial charge in [0.1, 0.15) is 5.82 Å². The SMILES string of the molecule is C[C@H](CNc1ccccc1)NC(=O)Nc1ccc(Cl)cn1. The van der Waals surface area contributed by atoms with Crippen LogP contribution < -0.4 is 16.0 Å². The first-order valence-electron chi connectivity index (χ1n) is 6.61. The molecule has 1 atom stereocenters. The molecule has 1 aromatic carbocycles. The molecule has 0 aliphatic carbocycles. The maximum atomic E-state index is 11.8. The van der Waals surface area contributed by atoms with Crippen molar-refractivity contribution in [2.24, 2.45) is 0 Å². The van der Waals surface area contributed by atoms with E-state index < -0.39 is 0 Å². The predicted molar refractivity (Wildman–Crippen MR) is 85.8 cm³/mol. The second-order valence-electron chi connectivity index (χ2n) is 4.61. The Labute approximate surface area is 128 Å². The van der Waals surface area contributed by atoms with E-state index in [2.05, 4.69) is 20.9 Å². The molecule has 2 aromatic rings. The Hall–Kier alpha value is -2.27. The standard InChI is InChI=1S/C15H17ClN4O/c1-11(9-17-13-5-3-2-4-6-13)19-15(21)20-14-8-7-12(16)10-18-14/h2-8,10-11,17H,9H2,1H3,(H2,18,19,20,21)/t11-/m1/s1. The molecule has 5 nitrogen and oxygen atoms in total. The van der Waals surface area contributed by atoms with Crippen LogP contribution in [0, 0.1) is 0 Å². The molecule has 21 heavy (non-hydrogen) atoms. The fourth-order valence-electron chi connectivity index (χ4n) is 1.70. The number of benzene rings is 1. The van der Waals surface area contributed by atoms with E-state index in [1.54, 1.807) is 12.1 Å². The van der Waals surface area contributed by atoms with Crippen molar-refractivity contribution in [2.45, 2.75) is 13.0 Å². The molecule has 0 bridgehead atoms. The van der Waals surface area contributed by atoms with Crippen LogP contribution in [0.3, 0.4) is 0 Å². The van der Waals surface area contributed by atoms with Crippen LogP contribution in [0.1, 0.15) is 6.92 Å². The number of nitrogens with one attached hydrogen (secondary N) is 3. The molecule has 0 spiro atoms. The van der Waals surface area contributed by atoms with Crippen molar-refractivity contribution < 1.29 is 4.79 Å². The summed E-state index contributed by atoms with van der Waals surface area (Å²) in [7, 11) is 0. The Balaban J connectivity index is 1.75. The highest BCUT2D eigenvalue weighted by molar-refractivity contribution is 6.30. The lowest BCUT2D eigenvalue weighted by atomic mass is 10.3. The van der Waals surface area contributed by atoms with Crippen LogP contribution in [0.25, 0.3) is 0 Å². The van der Waals surface area contributed by atoms with Gasteiger partial charge < -0.3 is 10.6 Å². The fraction of sp³-hybridized carbons (Fsp3) is 0.200. The number of rotatable bonds is 5. The lowest BCUT2D eigenvalue weighted by Crippen LogP contribution is -2.40. The molecular formula is C15H17ClN4O. The molecule has 0 aliphatic rings. The van der Waals surface area contributed by atoms with Gasteiger partial charge in [-0.05, 0) is 31.2 Å². The molecule has 1 heterocycles. The van der Waals surface area contributed by atoms with Crippen molar-refractivity contribution >= 4 is 29.1 Å². The predicted octanol–water partition coefficient (Wildman–Crippen LogP) is 3.36. The first-order chi connectivity index (χ1) is 10.1. The zero-order valence-corrected chi connectivity index (χ0v) is 12.4. The van der Waals surface area contributed by atoms with Crippen LogP contribution in [0.2, 0.25) is 5.02 Å². The van der Waals surface area contributed by atoms with Crippen molar-refractivity contribution in [3.8, 4) is 0 Å². The summed E-state index contributed by atoms with van der Waals surface area (Å²) in [6.07, 6.45) is 1.48. The number of pyridine rings is 1. The summed E-state index contributed by atoms with van der Waals surface area (Å²) in [5.74, 6) is 0.458. The number of aromatic nitrogens is 1. The molecule has 6 heteroatoms. The summed E-state index contributed by atoms with van der Waals surface area (Å²) in [4.78, 5) is 15.8. The molecule has 110 valence electrons. The van der Waals surface area contributed by atoms with E-state index in [9.17, 15) is 4.79 Å². The first-order valence-corrected chi connectivity index (χ1v) is 6.99. The summed E-state index contributed by atoms with van der Waals surface area (Å²) in [6.45, 7) is 2.55. The highest BCUT2D eigenvalue weighted by Gasteiger charge is 2.07. The quantitative estimate of drug-likeness (QED) is 0.793. The van der Waals surface area contributed by atoms with E-state index in [4.69, 9.17) is 11.6 Å². The second-order valence-corrected chi connectivity index (χ2v) is 5.04. The molecule has 2 rings (SSSR count). The largest absolute Gasteiger partial charge is 0.383 e. The van der Waals surface area contributed by atoms with Crippen molar-refractivity contribution in [3.05, 3.63) is 53.7 Å². The van der Waals surface area contributed by atoms with E-state index in [-0.39, 0.29) is 12.1 Å². The van der Waals surface area contributed by atoms with Gasteiger partial charge in [0.2, 0.25) is 0 Å². The highest BCUT2D eigenvalue weighted by atomic mass is 35.5. The van der Waals surface area contributed by atoms with Gasteiger partial charge in [-0.3, -0.25) is 5.32 Å². The maximum Gasteiger partial charge on any atom is 0.320 e. The Morgan fingerprint density at radius 3 is 2.67 bits per heavy atom. The average Bonchev–Trinajstić information content (AvgIpc) is 2.48. The minimum Gasteiger partial charge on any atom is -0.383 e. The third kappa shape index (κ3) is 5.31. The number of halogens is 1. The van der Waals surface area contributed by atoms with Crippen molar-refractivity contribution in [1.29, 1.82) is 0 Å². The van der Waals surface area contributed by atoms with Gasteiger partial charge in [0.15, 0.2) is 0 Å². The number of carbonyl (C=O) groups excluding carboxylic acids is 1. The summed E-state index contributed by atoms with van der Waals surface area (Å²) in [5.41, 5.74) is 1.02. The molecular weight excluding hydrogens is 288 g/mol. The van der Waals surface area contributed by atoms with Gasteiger partial charge in [-0.2, -0.15) is 0 Å². The van der Waals surface area contributed by atoms with E-state index in [0.29, 0.717) is 17.4 Å². The average molecular weight is 305 g/mol. The lowest BCUT2D eigenvalue weighted by Gasteiger charge is -2.16. The van der Waals surface area contributed by atoms with Crippen molar-refractivity contribution in [2.75, 3.05) is 17.2 Å². The first kappa shape index (κ1) is 15.1. The van der Waals surface area contributed by atoms with Gasteiger partial charge in [0.05, 0.1) is 5.02 Å². The molecule has 0 fully saturated rings.